The second kappa shape index (κ2) is 6.93. The van der Waals surface area contributed by atoms with Gasteiger partial charge in [0, 0.05) is 22.1 Å². The van der Waals surface area contributed by atoms with E-state index in [1.807, 2.05) is 26.0 Å². The number of aryl methyl sites for hydroxylation is 2. The van der Waals surface area contributed by atoms with Gasteiger partial charge in [-0.1, -0.05) is 15.9 Å². The molecule has 0 heterocycles. The number of carbonyl (C=O) groups excluding carboxylic acids is 1. The minimum atomic E-state index is -0.871. The van der Waals surface area contributed by atoms with E-state index in [2.05, 4.69) is 26.6 Å². The van der Waals surface area contributed by atoms with E-state index in [-0.39, 0.29) is 12.5 Å². The van der Waals surface area contributed by atoms with Gasteiger partial charge in [-0.05, 0) is 57.4 Å². The second-order valence-electron chi connectivity index (χ2n) is 5.78. The smallest absolute Gasteiger partial charge is 0.319 e. The molecule has 0 unspecified atom stereocenters. The average molecular weight is 357 g/mol. The van der Waals surface area contributed by atoms with Crippen LogP contribution in [-0.4, -0.2) is 22.6 Å². The van der Waals surface area contributed by atoms with Gasteiger partial charge in [0.15, 0.2) is 0 Å². The number of hydrogen-bond acceptors (Lipinski definition) is 2. The van der Waals surface area contributed by atoms with E-state index in [1.165, 1.54) is 0 Å². The number of hydrogen-bond donors (Lipinski definition) is 3. The number of benzene rings is 1. The van der Waals surface area contributed by atoms with Crippen molar-refractivity contribution in [1.29, 1.82) is 0 Å². The Morgan fingerprint density at radius 2 is 1.76 bits per heavy atom. The van der Waals surface area contributed by atoms with E-state index >= 15 is 0 Å². The van der Waals surface area contributed by atoms with Gasteiger partial charge in [0.2, 0.25) is 0 Å². The predicted octanol–water partition coefficient (Wildman–Crippen LogP) is 3.83. The summed E-state index contributed by atoms with van der Waals surface area (Å²) in [4.78, 5) is 22.6. The number of aliphatic carboxylic acids is 1. The number of carboxylic acid groups (broad SMARTS) is 1. The fraction of sp³-hybridized carbons (Fsp3) is 0.467. The van der Waals surface area contributed by atoms with Crippen LogP contribution in [0.3, 0.4) is 0 Å². The summed E-state index contributed by atoms with van der Waals surface area (Å²) in [6.07, 6.45) is 0.387. The van der Waals surface area contributed by atoms with Crippen LogP contribution in [0.5, 0.6) is 0 Å². The zero-order valence-corrected chi connectivity index (χ0v) is 14.3. The summed E-state index contributed by atoms with van der Waals surface area (Å²) in [5.41, 5.74) is 2.20. The fourth-order valence-corrected chi connectivity index (χ4v) is 2.20. The highest BCUT2D eigenvalue weighted by Crippen LogP contribution is 2.25. The summed E-state index contributed by atoms with van der Waals surface area (Å²) in [5.74, 6) is -0.871. The van der Waals surface area contributed by atoms with E-state index in [1.54, 1.807) is 13.8 Å². The van der Waals surface area contributed by atoms with Crippen LogP contribution < -0.4 is 10.6 Å². The Bertz CT molecular complexity index is 533. The van der Waals surface area contributed by atoms with Crippen LogP contribution in [0.15, 0.2) is 16.6 Å². The lowest BCUT2D eigenvalue weighted by Crippen LogP contribution is -2.45. The van der Waals surface area contributed by atoms with Crippen molar-refractivity contribution >= 4 is 33.6 Å². The minimum absolute atomic E-state index is 0.0176. The highest BCUT2D eigenvalue weighted by atomic mass is 79.9. The quantitative estimate of drug-likeness (QED) is 0.749. The second-order valence-corrected chi connectivity index (χ2v) is 6.57. The molecule has 0 saturated carbocycles. The first kappa shape index (κ1) is 17.5. The molecule has 0 radical (unpaired) electrons. The van der Waals surface area contributed by atoms with E-state index in [9.17, 15) is 9.59 Å². The van der Waals surface area contributed by atoms with Crippen molar-refractivity contribution in [3.05, 3.63) is 27.7 Å². The Balaban J connectivity index is 2.67. The highest BCUT2D eigenvalue weighted by Gasteiger charge is 2.21. The molecule has 1 aromatic carbocycles. The lowest BCUT2D eigenvalue weighted by Gasteiger charge is -2.25. The maximum atomic E-state index is 12.0. The molecule has 0 aliphatic heterocycles. The van der Waals surface area contributed by atoms with Crippen molar-refractivity contribution in [2.24, 2.45) is 0 Å². The number of carbonyl (C=O) groups is 2. The molecule has 0 aliphatic rings. The number of rotatable bonds is 5. The topological polar surface area (TPSA) is 78.4 Å². The number of amides is 2. The molecule has 116 valence electrons. The predicted molar refractivity (Wildman–Crippen MR) is 86.7 cm³/mol. The number of anilines is 1. The van der Waals surface area contributed by atoms with Gasteiger partial charge in [0.05, 0.1) is 0 Å². The summed E-state index contributed by atoms with van der Waals surface area (Å²) >= 11 is 3.48. The fourth-order valence-electron chi connectivity index (χ4n) is 1.97. The molecule has 0 saturated heterocycles. The Hall–Kier alpha value is -1.56. The van der Waals surface area contributed by atoms with Gasteiger partial charge >= 0.3 is 12.0 Å². The van der Waals surface area contributed by atoms with Gasteiger partial charge in [-0.15, -0.1) is 0 Å². The third-order valence-electron chi connectivity index (χ3n) is 3.11. The molecule has 6 heteroatoms. The maximum Gasteiger partial charge on any atom is 0.319 e. The van der Waals surface area contributed by atoms with Crippen LogP contribution in [0.1, 0.15) is 37.8 Å². The molecular formula is C15H21BrN2O3. The minimum Gasteiger partial charge on any atom is -0.481 e. The number of urea groups is 1. The first-order chi connectivity index (χ1) is 9.60. The van der Waals surface area contributed by atoms with Crippen molar-refractivity contribution < 1.29 is 14.7 Å². The molecule has 3 N–H and O–H groups in total. The van der Waals surface area contributed by atoms with E-state index in [4.69, 9.17) is 5.11 Å². The standard InChI is InChI=1S/C15H21BrN2O3/c1-9-7-11(8-10(2)13(9)16)17-14(21)18-15(3,4)6-5-12(19)20/h7-8H,5-6H2,1-4H3,(H,19,20)(H2,17,18,21). The molecule has 1 rings (SSSR count). The molecule has 0 atom stereocenters. The van der Waals surface area contributed by atoms with Gasteiger partial charge in [0.25, 0.3) is 0 Å². The molecule has 1 aromatic rings. The van der Waals surface area contributed by atoms with Gasteiger partial charge in [-0.25, -0.2) is 4.79 Å². The van der Waals surface area contributed by atoms with Crippen LogP contribution >= 0.6 is 15.9 Å². The van der Waals surface area contributed by atoms with Crippen molar-refractivity contribution in [3.63, 3.8) is 0 Å². The zero-order chi connectivity index (χ0) is 16.2. The normalized spacial score (nSPS) is 11.1. The molecular weight excluding hydrogens is 336 g/mol. The molecule has 21 heavy (non-hydrogen) atoms. The Labute approximate surface area is 133 Å². The Kier molecular flexibility index (Phi) is 5.78. The lowest BCUT2D eigenvalue weighted by atomic mass is 9.99. The SMILES string of the molecule is Cc1cc(NC(=O)NC(C)(C)CCC(=O)O)cc(C)c1Br. The summed E-state index contributed by atoms with van der Waals surface area (Å²) in [5, 5.41) is 14.3. The lowest BCUT2D eigenvalue weighted by molar-refractivity contribution is -0.137. The zero-order valence-electron chi connectivity index (χ0n) is 12.7. The summed E-state index contributed by atoms with van der Waals surface area (Å²) in [7, 11) is 0. The Morgan fingerprint density at radius 3 is 2.24 bits per heavy atom. The Morgan fingerprint density at radius 1 is 1.24 bits per heavy atom. The van der Waals surface area contributed by atoms with E-state index < -0.39 is 11.5 Å². The molecule has 5 nitrogen and oxygen atoms in total. The van der Waals surface area contributed by atoms with Crippen molar-refractivity contribution in [2.75, 3.05) is 5.32 Å². The molecule has 2 amide bonds. The number of carboxylic acids is 1. The van der Waals surface area contributed by atoms with Crippen molar-refractivity contribution in [2.45, 2.75) is 46.1 Å². The van der Waals surface area contributed by atoms with Crippen LogP contribution in [-0.2, 0) is 4.79 Å². The number of halogens is 1. The van der Waals surface area contributed by atoms with Crippen molar-refractivity contribution in [1.82, 2.24) is 5.32 Å². The highest BCUT2D eigenvalue weighted by molar-refractivity contribution is 9.10. The molecule has 0 bridgehead atoms. The van der Waals surface area contributed by atoms with Gasteiger partial charge in [0.1, 0.15) is 0 Å². The van der Waals surface area contributed by atoms with Gasteiger partial charge in [-0.3, -0.25) is 4.79 Å². The largest absolute Gasteiger partial charge is 0.481 e. The third-order valence-corrected chi connectivity index (χ3v) is 4.36. The first-order valence-electron chi connectivity index (χ1n) is 6.68. The first-order valence-corrected chi connectivity index (χ1v) is 7.48. The summed E-state index contributed by atoms with van der Waals surface area (Å²) < 4.78 is 1.02. The number of nitrogens with one attached hydrogen (secondary N) is 2. The maximum absolute atomic E-state index is 12.0. The molecule has 0 aromatic heterocycles. The summed E-state index contributed by atoms with van der Waals surface area (Å²) in [6, 6.07) is 3.41. The van der Waals surface area contributed by atoms with Crippen LogP contribution in [0.25, 0.3) is 0 Å². The summed E-state index contributed by atoms with van der Waals surface area (Å²) in [6.45, 7) is 7.51. The van der Waals surface area contributed by atoms with Crippen LogP contribution in [0.2, 0.25) is 0 Å². The molecule has 0 fully saturated rings. The van der Waals surface area contributed by atoms with E-state index in [0.717, 1.165) is 15.6 Å². The van der Waals surface area contributed by atoms with Crippen LogP contribution in [0.4, 0.5) is 10.5 Å². The van der Waals surface area contributed by atoms with E-state index in [0.29, 0.717) is 12.1 Å². The average Bonchev–Trinajstić information content (AvgIpc) is 2.32. The van der Waals surface area contributed by atoms with Crippen LogP contribution in [0, 0.1) is 13.8 Å². The van der Waals surface area contributed by atoms with Gasteiger partial charge in [-0.2, -0.15) is 0 Å². The van der Waals surface area contributed by atoms with Crippen molar-refractivity contribution in [3.8, 4) is 0 Å². The molecule has 0 aliphatic carbocycles. The monoisotopic (exact) mass is 356 g/mol. The van der Waals surface area contributed by atoms with Gasteiger partial charge < -0.3 is 15.7 Å². The molecule has 0 spiro atoms. The third kappa shape index (κ3) is 5.75.